The van der Waals surface area contributed by atoms with Crippen LogP contribution in [0.5, 0.6) is 5.75 Å². The molecular weight excluding hydrogens is 324 g/mol. The highest BCUT2D eigenvalue weighted by Crippen LogP contribution is 2.29. The molecule has 0 bridgehead atoms. The van der Waals surface area contributed by atoms with E-state index in [0.29, 0.717) is 0 Å². The van der Waals surface area contributed by atoms with E-state index in [1.807, 2.05) is 47.8 Å². The lowest BCUT2D eigenvalue weighted by Crippen LogP contribution is -1.99. The van der Waals surface area contributed by atoms with E-state index in [4.69, 9.17) is 4.74 Å². The first kappa shape index (κ1) is 14.5. The first-order chi connectivity index (χ1) is 11.7. The average molecular weight is 338 g/mol. The fourth-order valence-electron chi connectivity index (χ4n) is 2.48. The Balaban J connectivity index is 1.62. The fourth-order valence-corrected chi connectivity index (χ4v) is 3.22. The van der Waals surface area contributed by atoms with E-state index in [0.717, 1.165) is 38.9 Å². The van der Waals surface area contributed by atoms with Gasteiger partial charge in [-0.15, -0.1) is 11.3 Å². The number of rotatable bonds is 4. The predicted octanol–water partition coefficient (Wildman–Crippen LogP) is 3.73. The summed E-state index contributed by atoms with van der Waals surface area (Å²) >= 11 is 1.52. The summed E-state index contributed by atoms with van der Waals surface area (Å²) in [4.78, 5) is 21.5. The Hall–Kier alpha value is -3.06. The summed E-state index contributed by atoms with van der Waals surface area (Å²) in [6.45, 7) is 0. The van der Waals surface area contributed by atoms with Crippen molar-refractivity contribution in [3.05, 3.63) is 58.3 Å². The van der Waals surface area contributed by atoms with Crippen molar-refractivity contribution in [3.63, 3.8) is 0 Å². The maximum atomic E-state index is 11.4. The molecule has 4 aromatic rings. The number of fused-ring (bicyclic) bond motifs is 1. The van der Waals surface area contributed by atoms with Gasteiger partial charge in [-0.3, -0.25) is 0 Å². The molecule has 120 valence electrons. The molecule has 0 fully saturated rings. The lowest BCUT2D eigenvalue weighted by molar-refractivity contribution is 0.415. The number of methoxy groups -OCH3 is 1. The van der Waals surface area contributed by atoms with Crippen LogP contribution in [0, 0.1) is 0 Å². The minimum atomic E-state index is -0.208. The van der Waals surface area contributed by atoms with Gasteiger partial charge in [-0.05, 0) is 24.3 Å². The fraction of sp³-hybridized carbons (Fsp3) is 0.0588. The second-order valence-electron chi connectivity index (χ2n) is 5.23. The van der Waals surface area contributed by atoms with Gasteiger partial charge in [0.1, 0.15) is 5.75 Å². The van der Waals surface area contributed by atoms with Gasteiger partial charge in [0.15, 0.2) is 5.13 Å². The number of anilines is 2. The molecule has 0 aliphatic carbocycles. The van der Waals surface area contributed by atoms with Gasteiger partial charge in [-0.25, -0.2) is 9.78 Å². The smallest absolute Gasteiger partial charge is 0.323 e. The molecule has 24 heavy (non-hydrogen) atoms. The predicted molar refractivity (Wildman–Crippen MR) is 96.3 cm³/mol. The van der Waals surface area contributed by atoms with Gasteiger partial charge in [-0.1, -0.05) is 12.1 Å². The van der Waals surface area contributed by atoms with Gasteiger partial charge in [0.25, 0.3) is 0 Å². The Bertz CT molecular complexity index is 1060. The van der Waals surface area contributed by atoms with Crippen LogP contribution in [0.25, 0.3) is 22.3 Å². The van der Waals surface area contributed by atoms with Crippen molar-refractivity contribution in [2.24, 2.45) is 0 Å². The molecule has 4 rings (SSSR count). The summed E-state index contributed by atoms with van der Waals surface area (Å²) in [5.74, 6) is 0.790. The Morgan fingerprint density at radius 1 is 1.12 bits per heavy atom. The summed E-state index contributed by atoms with van der Waals surface area (Å²) in [6.07, 6.45) is 0. The van der Waals surface area contributed by atoms with Crippen molar-refractivity contribution in [1.82, 2.24) is 15.0 Å². The van der Waals surface area contributed by atoms with E-state index >= 15 is 0 Å². The molecule has 0 amide bonds. The molecule has 2 aromatic carbocycles. The summed E-state index contributed by atoms with van der Waals surface area (Å²) in [7, 11) is 1.64. The van der Waals surface area contributed by atoms with E-state index in [1.54, 1.807) is 7.11 Å². The second-order valence-corrected chi connectivity index (χ2v) is 6.09. The summed E-state index contributed by atoms with van der Waals surface area (Å²) in [6, 6.07) is 13.4. The van der Waals surface area contributed by atoms with Crippen molar-refractivity contribution in [2.45, 2.75) is 0 Å². The highest BCUT2D eigenvalue weighted by atomic mass is 32.1. The molecule has 7 heteroatoms. The SMILES string of the molecule is COc1cccc(Nc2nc(-c3ccc4[nH]c(=O)[nH]c4c3)cs2)c1. The van der Waals surface area contributed by atoms with Gasteiger partial charge >= 0.3 is 5.69 Å². The standard InChI is InChI=1S/C17H14N4O2S/c1-23-12-4-2-3-11(8-12)18-17-21-15(9-24-17)10-5-6-13-14(7-10)20-16(22)19-13/h2-9H,1H3,(H,18,21)(H2,19,20,22). The van der Waals surface area contributed by atoms with Crippen molar-refractivity contribution in [2.75, 3.05) is 12.4 Å². The van der Waals surface area contributed by atoms with Crippen LogP contribution in [0.1, 0.15) is 0 Å². The number of nitrogens with one attached hydrogen (secondary N) is 3. The first-order valence-electron chi connectivity index (χ1n) is 7.30. The Morgan fingerprint density at radius 3 is 2.88 bits per heavy atom. The maximum absolute atomic E-state index is 11.4. The van der Waals surface area contributed by atoms with Crippen molar-refractivity contribution < 1.29 is 4.74 Å². The molecule has 0 saturated heterocycles. The third-order valence-electron chi connectivity index (χ3n) is 3.64. The average Bonchev–Trinajstić information content (AvgIpc) is 3.19. The van der Waals surface area contributed by atoms with Gasteiger partial charge in [0, 0.05) is 22.7 Å². The zero-order chi connectivity index (χ0) is 16.5. The van der Waals surface area contributed by atoms with E-state index in [2.05, 4.69) is 20.3 Å². The number of aromatic nitrogens is 3. The molecule has 3 N–H and O–H groups in total. The quantitative estimate of drug-likeness (QED) is 0.529. The zero-order valence-electron chi connectivity index (χ0n) is 12.8. The van der Waals surface area contributed by atoms with Crippen LogP contribution in [0.2, 0.25) is 0 Å². The second kappa shape index (κ2) is 5.86. The Morgan fingerprint density at radius 2 is 2.00 bits per heavy atom. The molecule has 0 spiro atoms. The number of imidazole rings is 1. The van der Waals surface area contributed by atoms with Gasteiger partial charge < -0.3 is 20.0 Å². The number of thiazole rings is 1. The highest BCUT2D eigenvalue weighted by Gasteiger charge is 2.07. The van der Waals surface area contributed by atoms with Crippen LogP contribution in [0.4, 0.5) is 10.8 Å². The number of aromatic amines is 2. The molecule has 0 aliphatic heterocycles. The van der Waals surface area contributed by atoms with Crippen LogP contribution in [-0.4, -0.2) is 22.1 Å². The van der Waals surface area contributed by atoms with Crippen molar-refractivity contribution >= 4 is 33.2 Å². The van der Waals surface area contributed by atoms with Gasteiger partial charge in [-0.2, -0.15) is 0 Å². The summed E-state index contributed by atoms with van der Waals surface area (Å²) < 4.78 is 5.22. The molecule has 0 atom stereocenters. The maximum Gasteiger partial charge on any atom is 0.323 e. The van der Waals surface area contributed by atoms with Gasteiger partial charge in [0.05, 0.1) is 23.8 Å². The van der Waals surface area contributed by atoms with E-state index in [9.17, 15) is 4.79 Å². The molecule has 6 nitrogen and oxygen atoms in total. The number of hydrogen-bond donors (Lipinski definition) is 3. The lowest BCUT2D eigenvalue weighted by atomic mass is 10.1. The molecule has 0 radical (unpaired) electrons. The highest BCUT2D eigenvalue weighted by molar-refractivity contribution is 7.14. The van der Waals surface area contributed by atoms with E-state index in [1.165, 1.54) is 11.3 Å². The number of benzene rings is 2. The topological polar surface area (TPSA) is 82.8 Å². The van der Waals surface area contributed by atoms with Crippen LogP contribution >= 0.6 is 11.3 Å². The van der Waals surface area contributed by atoms with Crippen LogP contribution in [0.3, 0.4) is 0 Å². The molecule has 0 unspecified atom stereocenters. The van der Waals surface area contributed by atoms with E-state index < -0.39 is 0 Å². The summed E-state index contributed by atoms with van der Waals surface area (Å²) in [5, 5.41) is 6.05. The van der Waals surface area contributed by atoms with Gasteiger partial charge in [0.2, 0.25) is 0 Å². The van der Waals surface area contributed by atoms with Crippen LogP contribution in [0.15, 0.2) is 52.6 Å². The normalized spacial score (nSPS) is 10.9. The third-order valence-corrected chi connectivity index (χ3v) is 4.39. The molecular formula is C17H14N4O2S. The Kier molecular flexibility index (Phi) is 3.55. The van der Waals surface area contributed by atoms with Crippen molar-refractivity contribution in [1.29, 1.82) is 0 Å². The molecule has 0 aliphatic rings. The monoisotopic (exact) mass is 338 g/mol. The molecule has 2 aromatic heterocycles. The largest absolute Gasteiger partial charge is 0.497 e. The van der Waals surface area contributed by atoms with Crippen LogP contribution in [-0.2, 0) is 0 Å². The lowest BCUT2D eigenvalue weighted by Gasteiger charge is -2.04. The van der Waals surface area contributed by atoms with Crippen molar-refractivity contribution in [3.8, 4) is 17.0 Å². The number of ether oxygens (including phenoxy) is 1. The zero-order valence-corrected chi connectivity index (χ0v) is 13.6. The molecule has 2 heterocycles. The Labute approximate surface area is 141 Å². The van der Waals surface area contributed by atoms with E-state index in [-0.39, 0.29) is 5.69 Å². The number of H-pyrrole nitrogens is 2. The number of nitrogens with zero attached hydrogens (tertiary/aromatic N) is 1. The van der Waals surface area contributed by atoms with Crippen LogP contribution < -0.4 is 15.7 Å². The minimum absolute atomic E-state index is 0.208. The summed E-state index contributed by atoms with van der Waals surface area (Å²) in [5.41, 5.74) is 4.07. The first-order valence-corrected chi connectivity index (χ1v) is 8.18. The number of hydrogen-bond acceptors (Lipinski definition) is 5. The molecule has 0 saturated carbocycles. The third kappa shape index (κ3) is 2.77. The minimum Gasteiger partial charge on any atom is -0.497 e.